The minimum atomic E-state index is -0.501. The molecule has 1 aliphatic heterocycles. The Labute approximate surface area is 174 Å². The van der Waals surface area contributed by atoms with E-state index in [1.54, 1.807) is 12.1 Å². The highest BCUT2D eigenvalue weighted by Crippen LogP contribution is 2.27. The molecule has 29 heavy (non-hydrogen) atoms. The van der Waals surface area contributed by atoms with E-state index < -0.39 is 11.0 Å². The molecule has 1 saturated heterocycles. The first kappa shape index (κ1) is 21.4. The molecule has 2 aromatic rings. The first-order valence-corrected chi connectivity index (χ1v) is 10.1. The fourth-order valence-corrected chi connectivity index (χ4v) is 3.69. The van der Waals surface area contributed by atoms with Gasteiger partial charge in [-0.25, -0.2) is 4.79 Å². The Morgan fingerprint density at radius 2 is 1.86 bits per heavy atom. The number of aryl methyl sites for hydroxylation is 1. The second-order valence-corrected chi connectivity index (χ2v) is 9.02. The summed E-state index contributed by atoms with van der Waals surface area (Å²) in [7, 11) is 0. The fourth-order valence-electron chi connectivity index (χ4n) is 3.53. The smallest absolute Gasteiger partial charge is 0.336 e. The van der Waals surface area contributed by atoms with Crippen molar-refractivity contribution < 1.29 is 18.7 Å². The molecule has 1 aliphatic rings. The standard InChI is InChI=1S/C22H26ClNO5/c1-13-9-18-16(11-17(13)23)15(10-19(25)29-18)12-28-20(26)14-5-7-24(8-6-14)21(27)22(2,3)4/h9-11,14H,5-8,12H2,1-4H3. The monoisotopic (exact) mass is 419 g/mol. The van der Waals surface area contributed by atoms with E-state index in [4.69, 9.17) is 20.8 Å². The van der Waals surface area contributed by atoms with E-state index in [0.717, 1.165) is 5.56 Å². The summed E-state index contributed by atoms with van der Waals surface area (Å²) in [5.41, 5.74) is 0.848. The van der Waals surface area contributed by atoms with Gasteiger partial charge in [0.15, 0.2) is 0 Å². The Kier molecular flexibility index (Phi) is 6.03. The number of ether oxygens (including phenoxy) is 1. The lowest BCUT2D eigenvalue weighted by molar-refractivity contribution is -0.154. The number of amides is 1. The Morgan fingerprint density at radius 1 is 1.21 bits per heavy atom. The first-order valence-electron chi connectivity index (χ1n) is 9.75. The summed E-state index contributed by atoms with van der Waals surface area (Å²) in [4.78, 5) is 38.6. The molecule has 0 atom stereocenters. The van der Waals surface area contributed by atoms with Crippen LogP contribution < -0.4 is 5.63 Å². The van der Waals surface area contributed by atoms with Gasteiger partial charge in [-0.15, -0.1) is 0 Å². The quantitative estimate of drug-likeness (QED) is 0.553. The molecule has 2 heterocycles. The summed E-state index contributed by atoms with van der Waals surface area (Å²) in [6, 6.07) is 4.74. The highest BCUT2D eigenvalue weighted by atomic mass is 35.5. The second kappa shape index (κ2) is 8.19. The molecule has 3 rings (SSSR count). The minimum Gasteiger partial charge on any atom is -0.461 e. The molecule has 0 N–H and O–H groups in total. The molecule has 0 bridgehead atoms. The van der Waals surface area contributed by atoms with E-state index in [2.05, 4.69) is 0 Å². The molecule has 1 amide bonds. The number of esters is 1. The number of carbonyl (C=O) groups excluding carboxylic acids is 2. The number of fused-ring (bicyclic) bond motifs is 1. The zero-order valence-corrected chi connectivity index (χ0v) is 18.0. The maximum Gasteiger partial charge on any atom is 0.336 e. The number of benzene rings is 1. The molecule has 0 spiro atoms. The van der Waals surface area contributed by atoms with Crippen LogP contribution in [0.25, 0.3) is 11.0 Å². The van der Waals surface area contributed by atoms with Crippen molar-refractivity contribution in [2.75, 3.05) is 13.1 Å². The summed E-state index contributed by atoms with van der Waals surface area (Å²) >= 11 is 6.20. The number of likely N-dealkylation sites (tertiary alicyclic amines) is 1. The van der Waals surface area contributed by atoms with Crippen LogP contribution in [0.2, 0.25) is 5.02 Å². The Hall–Kier alpha value is -2.34. The van der Waals surface area contributed by atoms with Crippen LogP contribution in [0.15, 0.2) is 27.4 Å². The van der Waals surface area contributed by atoms with Crippen LogP contribution in [-0.2, 0) is 20.9 Å². The van der Waals surface area contributed by atoms with Crippen molar-refractivity contribution in [1.82, 2.24) is 4.90 Å². The van der Waals surface area contributed by atoms with Gasteiger partial charge < -0.3 is 14.1 Å². The van der Waals surface area contributed by atoms with Crippen molar-refractivity contribution >= 4 is 34.4 Å². The number of nitrogens with zero attached hydrogens (tertiary/aromatic N) is 1. The van der Waals surface area contributed by atoms with Gasteiger partial charge in [0.2, 0.25) is 5.91 Å². The van der Waals surface area contributed by atoms with Crippen LogP contribution in [0.3, 0.4) is 0 Å². The van der Waals surface area contributed by atoms with Gasteiger partial charge in [-0.3, -0.25) is 9.59 Å². The van der Waals surface area contributed by atoms with Crippen LogP contribution in [0, 0.1) is 18.3 Å². The maximum atomic E-state index is 12.5. The maximum absolute atomic E-state index is 12.5. The minimum absolute atomic E-state index is 0.0263. The van der Waals surface area contributed by atoms with Gasteiger partial charge in [0.05, 0.1) is 5.92 Å². The van der Waals surface area contributed by atoms with E-state index in [9.17, 15) is 14.4 Å². The van der Waals surface area contributed by atoms with Gasteiger partial charge in [0.1, 0.15) is 12.2 Å². The van der Waals surface area contributed by atoms with Crippen LogP contribution in [0.1, 0.15) is 44.7 Å². The van der Waals surface area contributed by atoms with Crippen molar-refractivity contribution in [3.05, 3.63) is 44.8 Å². The van der Waals surface area contributed by atoms with Crippen LogP contribution in [-0.4, -0.2) is 29.9 Å². The molecule has 0 unspecified atom stereocenters. The highest BCUT2D eigenvalue weighted by Gasteiger charge is 2.33. The topological polar surface area (TPSA) is 76.8 Å². The number of carbonyl (C=O) groups is 2. The lowest BCUT2D eigenvalue weighted by Crippen LogP contribution is -2.45. The summed E-state index contributed by atoms with van der Waals surface area (Å²) in [6.07, 6.45) is 1.15. The third-order valence-corrected chi connectivity index (χ3v) is 5.64. The SMILES string of the molecule is Cc1cc2oc(=O)cc(COC(=O)C3CCN(C(=O)C(C)(C)C)CC3)c2cc1Cl. The molecule has 0 radical (unpaired) electrons. The van der Waals surface area contributed by atoms with Crippen molar-refractivity contribution in [3.63, 3.8) is 0 Å². The van der Waals surface area contributed by atoms with E-state index in [0.29, 0.717) is 47.5 Å². The molecule has 7 heteroatoms. The van der Waals surface area contributed by atoms with Gasteiger partial charge in [-0.2, -0.15) is 0 Å². The van der Waals surface area contributed by atoms with Crippen LogP contribution in [0.5, 0.6) is 0 Å². The third kappa shape index (κ3) is 4.81. The fraction of sp³-hybridized carbons (Fsp3) is 0.500. The predicted molar refractivity (Wildman–Crippen MR) is 111 cm³/mol. The normalized spacial score (nSPS) is 15.6. The number of hydrogen-bond acceptors (Lipinski definition) is 5. The first-order chi connectivity index (χ1) is 13.6. The molecule has 156 valence electrons. The molecule has 6 nitrogen and oxygen atoms in total. The molecular weight excluding hydrogens is 394 g/mol. The van der Waals surface area contributed by atoms with Crippen molar-refractivity contribution in [3.8, 4) is 0 Å². The van der Waals surface area contributed by atoms with Crippen molar-refractivity contribution in [2.24, 2.45) is 11.3 Å². The molecule has 0 saturated carbocycles. The van der Waals surface area contributed by atoms with Crippen molar-refractivity contribution in [1.29, 1.82) is 0 Å². The summed E-state index contributed by atoms with van der Waals surface area (Å²) in [5, 5.41) is 1.20. The van der Waals surface area contributed by atoms with Gasteiger partial charge in [-0.1, -0.05) is 32.4 Å². The average molecular weight is 420 g/mol. The molecule has 0 aliphatic carbocycles. The molecule has 1 aromatic carbocycles. The summed E-state index contributed by atoms with van der Waals surface area (Å²) in [5.74, 6) is -0.470. The van der Waals surface area contributed by atoms with Gasteiger partial charge in [0.25, 0.3) is 0 Å². The van der Waals surface area contributed by atoms with Crippen molar-refractivity contribution in [2.45, 2.75) is 47.1 Å². The molecule has 1 aromatic heterocycles. The average Bonchev–Trinajstić information content (AvgIpc) is 2.66. The summed E-state index contributed by atoms with van der Waals surface area (Å²) < 4.78 is 10.7. The zero-order valence-electron chi connectivity index (χ0n) is 17.2. The van der Waals surface area contributed by atoms with Gasteiger partial charge in [0, 0.05) is 40.5 Å². The zero-order chi connectivity index (χ0) is 21.3. The number of piperidine rings is 1. The van der Waals surface area contributed by atoms with Gasteiger partial charge >= 0.3 is 11.6 Å². The Morgan fingerprint density at radius 3 is 2.48 bits per heavy atom. The largest absolute Gasteiger partial charge is 0.461 e. The number of rotatable bonds is 3. The summed E-state index contributed by atoms with van der Waals surface area (Å²) in [6.45, 7) is 8.57. The van der Waals surface area contributed by atoms with Crippen LogP contribution in [0.4, 0.5) is 0 Å². The van der Waals surface area contributed by atoms with Gasteiger partial charge in [-0.05, 0) is 37.5 Å². The van der Waals surface area contributed by atoms with E-state index in [1.807, 2.05) is 32.6 Å². The van der Waals surface area contributed by atoms with E-state index in [1.165, 1.54) is 6.07 Å². The Balaban J connectivity index is 1.65. The number of halogens is 1. The lowest BCUT2D eigenvalue weighted by Gasteiger charge is -2.34. The van der Waals surface area contributed by atoms with Crippen LogP contribution >= 0.6 is 11.6 Å². The number of hydrogen-bond donors (Lipinski definition) is 0. The molecule has 1 fully saturated rings. The lowest BCUT2D eigenvalue weighted by atomic mass is 9.91. The molecular formula is C22H26ClNO5. The second-order valence-electron chi connectivity index (χ2n) is 8.61. The van der Waals surface area contributed by atoms with E-state index in [-0.39, 0.29) is 24.4 Å². The highest BCUT2D eigenvalue weighted by molar-refractivity contribution is 6.32. The Bertz CT molecular complexity index is 997. The third-order valence-electron chi connectivity index (χ3n) is 5.24. The predicted octanol–water partition coefficient (Wildman–Crippen LogP) is 4.08. The van der Waals surface area contributed by atoms with E-state index >= 15 is 0 Å².